The molecule has 0 aliphatic carbocycles. The first-order chi connectivity index (χ1) is 13.1. The van der Waals surface area contributed by atoms with Crippen molar-refractivity contribution < 1.29 is 9.18 Å². The van der Waals surface area contributed by atoms with E-state index in [1.807, 2.05) is 0 Å². The van der Waals surface area contributed by atoms with Crippen molar-refractivity contribution in [2.75, 3.05) is 26.2 Å². The molecule has 3 heterocycles. The van der Waals surface area contributed by atoms with Gasteiger partial charge in [-0.25, -0.2) is 4.39 Å². The smallest absolute Gasteiger partial charge is 0.255 e. The number of carbonyl (C=O) groups is 1. The number of carbonyl (C=O) groups excluding carboxylic acids is 1. The number of amides is 1. The lowest BCUT2D eigenvalue weighted by molar-refractivity contribution is 0.0624. The Morgan fingerprint density at radius 2 is 1.89 bits per heavy atom. The maximum atomic E-state index is 13.2. The lowest BCUT2D eigenvalue weighted by atomic mass is 10.1. The highest BCUT2D eigenvalue weighted by Gasteiger charge is 2.25. The molecule has 2 aromatic rings. The number of hydrogen-bond acceptors (Lipinski definition) is 4. The zero-order valence-corrected chi connectivity index (χ0v) is 16.0. The van der Waals surface area contributed by atoms with Crippen LogP contribution in [0.2, 0.25) is 5.02 Å². The summed E-state index contributed by atoms with van der Waals surface area (Å²) in [6.45, 7) is 4.53. The van der Waals surface area contributed by atoms with Crippen LogP contribution in [-0.4, -0.2) is 56.7 Å². The molecule has 144 valence electrons. The Morgan fingerprint density at radius 3 is 2.67 bits per heavy atom. The fourth-order valence-corrected chi connectivity index (χ4v) is 4.05. The molecule has 4 rings (SSSR count). The lowest BCUT2D eigenvalue weighted by Gasteiger charge is -2.34. The van der Waals surface area contributed by atoms with Crippen LogP contribution < -0.4 is 0 Å². The third kappa shape index (κ3) is 3.99. The maximum absolute atomic E-state index is 13.2. The summed E-state index contributed by atoms with van der Waals surface area (Å²) in [5, 5.41) is 8.91. The summed E-state index contributed by atoms with van der Waals surface area (Å²) in [6.07, 6.45) is 4.62. The van der Waals surface area contributed by atoms with Gasteiger partial charge < -0.3 is 9.47 Å². The minimum absolute atomic E-state index is 0.143. The highest BCUT2D eigenvalue weighted by atomic mass is 35.5. The Bertz CT molecular complexity index is 832. The minimum Gasteiger partial charge on any atom is -0.336 e. The SMILES string of the molecule is O=C(c1ccc(F)cc1Cl)N1CCN(Cc2nnc3n2CCCCC3)CC1. The first kappa shape index (κ1) is 18.4. The van der Waals surface area contributed by atoms with E-state index in [9.17, 15) is 9.18 Å². The van der Waals surface area contributed by atoms with Crippen molar-refractivity contribution in [2.45, 2.75) is 38.8 Å². The van der Waals surface area contributed by atoms with Crippen LogP contribution in [0.3, 0.4) is 0 Å². The molecule has 0 unspecified atom stereocenters. The van der Waals surface area contributed by atoms with Gasteiger partial charge in [0.05, 0.1) is 17.1 Å². The summed E-state index contributed by atoms with van der Waals surface area (Å²) in [5.41, 5.74) is 0.356. The topological polar surface area (TPSA) is 54.3 Å². The van der Waals surface area contributed by atoms with Gasteiger partial charge in [-0.2, -0.15) is 0 Å². The van der Waals surface area contributed by atoms with E-state index in [2.05, 4.69) is 19.7 Å². The summed E-state index contributed by atoms with van der Waals surface area (Å²) in [7, 11) is 0. The predicted molar refractivity (Wildman–Crippen MR) is 100 cm³/mol. The van der Waals surface area contributed by atoms with Crippen LogP contribution in [-0.2, 0) is 19.5 Å². The van der Waals surface area contributed by atoms with Crippen molar-refractivity contribution in [2.24, 2.45) is 0 Å². The molecule has 1 amide bonds. The molecule has 0 spiro atoms. The van der Waals surface area contributed by atoms with Gasteiger partial charge in [-0.1, -0.05) is 18.0 Å². The number of aromatic nitrogens is 3. The average molecular weight is 392 g/mol. The van der Waals surface area contributed by atoms with E-state index in [4.69, 9.17) is 11.6 Å². The number of nitrogens with zero attached hydrogens (tertiary/aromatic N) is 5. The summed E-state index contributed by atoms with van der Waals surface area (Å²) >= 11 is 6.03. The minimum atomic E-state index is -0.436. The molecule has 8 heteroatoms. The molecule has 1 saturated heterocycles. The van der Waals surface area contributed by atoms with E-state index in [-0.39, 0.29) is 10.9 Å². The van der Waals surface area contributed by atoms with Gasteiger partial charge in [0.15, 0.2) is 0 Å². The van der Waals surface area contributed by atoms with Crippen molar-refractivity contribution in [3.63, 3.8) is 0 Å². The summed E-state index contributed by atoms with van der Waals surface area (Å²) in [6, 6.07) is 3.91. The molecule has 6 nitrogen and oxygen atoms in total. The van der Waals surface area contributed by atoms with Crippen molar-refractivity contribution >= 4 is 17.5 Å². The van der Waals surface area contributed by atoms with E-state index in [0.717, 1.165) is 44.2 Å². The Hall–Kier alpha value is -1.99. The van der Waals surface area contributed by atoms with Gasteiger partial charge in [-0.05, 0) is 31.0 Å². The Morgan fingerprint density at radius 1 is 1.07 bits per heavy atom. The maximum Gasteiger partial charge on any atom is 0.255 e. The zero-order chi connectivity index (χ0) is 18.8. The van der Waals surface area contributed by atoms with Gasteiger partial charge in [0.25, 0.3) is 5.91 Å². The second-order valence-corrected chi connectivity index (χ2v) is 7.59. The highest BCUT2D eigenvalue weighted by molar-refractivity contribution is 6.33. The van der Waals surface area contributed by atoms with Gasteiger partial charge in [-0.3, -0.25) is 9.69 Å². The van der Waals surface area contributed by atoms with Crippen LogP contribution in [0.15, 0.2) is 18.2 Å². The monoisotopic (exact) mass is 391 g/mol. The third-order valence-electron chi connectivity index (χ3n) is 5.37. The molecule has 1 aromatic carbocycles. The number of fused-ring (bicyclic) bond motifs is 1. The van der Waals surface area contributed by atoms with Crippen LogP contribution >= 0.6 is 11.6 Å². The van der Waals surface area contributed by atoms with Crippen molar-refractivity contribution in [1.29, 1.82) is 0 Å². The molecule has 27 heavy (non-hydrogen) atoms. The van der Waals surface area contributed by atoms with Crippen molar-refractivity contribution in [1.82, 2.24) is 24.6 Å². The standard InChI is InChI=1S/C19H23ClFN5O/c20-16-12-14(21)5-6-15(16)19(27)25-10-8-24(9-11-25)13-18-23-22-17-4-2-1-3-7-26(17)18/h5-6,12H,1-4,7-11,13H2. The van der Waals surface area contributed by atoms with Gasteiger partial charge >= 0.3 is 0 Å². The molecule has 0 atom stereocenters. The summed E-state index contributed by atoms with van der Waals surface area (Å²) in [4.78, 5) is 16.7. The first-order valence-electron chi connectivity index (χ1n) is 9.49. The number of benzene rings is 1. The van der Waals surface area contributed by atoms with Gasteiger partial charge in [0, 0.05) is 39.1 Å². The highest BCUT2D eigenvalue weighted by Crippen LogP contribution is 2.21. The summed E-state index contributed by atoms with van der Waals surface area (Å²) in [5.74, 6) is 1.54. The number of rotatable bonds is 3. The number of aryl methyl sites for hydroxylation is 1. The molecule has 0 bridgehead atoms. The van der Waals surface area contributed by atoms with E-state index in [0.29, 0.717) is 18.7 Å². The largest absolute Gasteiger partial charge is 0.336 e. The molecular formula is C19H23ClFN5O. The Balaban J connectivity index is 1.37. The molecule has 0 radical (unpaired) electrons. The van der Waals surface area contributed by atoms with Crippen LogP contribution in [0.1, 0.15) is 41.3 Å². The second-order valence-electron chi connectivity index (χ2n) is 7.19. The van der Waals surface area contributed by atoms with Crippen LogP contribution in [0.4, 0.5) is 4.39 Å². The third-order valence-corrected chi connectivity index (χ3v) is 5.68. The molecule has 0 saturated carbocycles. The van der Waals surface area contributed by atoms with Crippen LogP contribution in [0.25, 0.3) is 0 Å². The second kappa shape index (κ2) is 7.94. The number of hydrogen-bond donors (Lipinski definition) is 0. The number of piperazine rings is 1. The normalized spacial score (nSPS) is 18.2. The van der Waals surface area contributed by atoms with E-state index in [1.165, 1.54) is 37.5 Å². The molecule has 0 N–H and O–H groups in total. The fourth-order valence-electron chi connectivity index (χ4n) is 3.80. The van der Waals surface area contributed by atoms with Gasteiger partial charge in [0.2, 0.25) is 0 Å². The van der Waals surface area contributed by atoms with Gasteiger partial charge in [0.1, 0.15) is 17.5 Å². The van der Waals surface area contributed by atoms with Gasteiger partial charge in [-0.15, -0.1) is 10.2 Å². The van der Waals surface area contributed by atoms with E-state index >= 15 is 0 Å². The Labute approximate surface area is 162 Å². The number of halogens is 2. The van der Waals surface area contributed by atoms with E-state index in [1.54, 1.807) is 4.90 Å². The molecule has 2 aliphatic rings. The zero-order valence-electron chi connectivity index (χ0n) is 15.2. The quantitative estimate of drug-likeness (QED) is 0.807. The predicted octanol–water partition coefficient (Wildman–Crippen LogP) is 2.76. The summed E-state index contributed by atoms with van der Waals surface area (Å²) < 4.78 is 15.5. The average Bonchev–Trinajstić information content (AvgIpc) is 2.88. The van der Waals surface area contributed by atoms with Crippen LogP contribution in [0.5, 0.6) is 0 Å². The molecule has 1 fully saturated rings. The molecule has 2 aliphatic heterocycles. The van der Waals surface area contributed by atoms with Crippen LogP contribution in [0, 0.1) is 5.82 Å². The molecule has 1 aromatic heterocycles. The first-order valence-corrected chi connectivity index (χ1v) is 9.87. The van der Waals surface area contributed by atoms with E-state index < -0.39 is 5.82 Å². The fraction of sp³-hybridized carbons (Fsp3) is 0.526. The Kier molecular flexibility index (Phi) is 5.41. The van der Waals surface area contributed by atoms with Crippen molar-refractivity contribution in [3.05, 3.63) is 46.3 Å². The lowest BCUT2D eigenvalue weighted by Crippen LogP contribution is -2.48. The molecular weight excluding hydrogens is 369 g/mol. The van der Waals surface area contributed by atoms with Crippen molar-refractivity contribution in [3.8, 4) is 0 Å².